The van der Waals surface area contributed by atoms with Gasteiger partial charge in [0.2, 0.25) is 11.9 Å². The number of hydrogen-bond acceptors (Lipinski definition) is 4. The fraction of sp³-hybridized carbons (Fsp3) is 0.588. The van der Waals surface area contributed by atoms with Crippen LogP contribution >= 0.6 is 0 Å². The second-order valence-electron chi connectivity index (χ2n) is 6.47. The maximum atomic E-state index is 12.8. The van der Waals surface area contributed by atoms with E-state index in [-0.39, 0.29) is 11.3 Å². The summed E-state index contributed by atoms with van der Waals surface area (Å²) in [6.45, 7) is 11.1. The van der Waals surface area contributed by atoms with E-state index in [0.717, 1.165) is 44.0 Å². The van der Waals surface area contributed by atoms with Gasteiger partial charge in [0.15, 0.2) is 0 Å². The minimum Gasteiger partial charge on any atom is -0.339 e. The molecule has 2 fully saturated rings. The highest BCUT2D eigenvalue weighted by molar-refractivity contribution is 5.86. The van der Waals surface area contributed by atoms with Crippen LogP contribution in [0, 0.1) is 11.3 Å². The number of aryl methyl sites for hydroxylation is 1. The average molecular weight is 300 g/mol. The smallest absolute Gasteiger partial charge is 0.231 e. The second kappa shape index (κ2) is 5.71. The molecule has 1 aromatic heterocycles. The third kappa shape index (κ3) is 2.28. The van der Waals surface area contributed by atoms with E-state index in [4.69, 9.17) is 0 Å². The van der Waals surface area contributed by atoms with Gasteiger partial charge >= 0.3 is 0 Å². The molecule has 2 aliphatic rings. The number of nitrogens with zero attached hydrogens (tertiary/aromatic N) is 4. The first-order valence-corrected chi connectivity index (χ1v) is 8.07. The van der Waals surface area contributed by atoms with Crippen LogP contribution in [0.4, 0.5) is 5.95 Å². The van der Waals surface area contributed by atoms with E-state index in [1.165, 1.54) is 0 Å². The Labute approximate surface area is 132 Å². The molecule has 5 heteroatoms. The molecule has 1 spiro atoms. The number of likely N-dealkylation sites (tertiary alicyclic amines) is 1. The minimum absolute atomic E-state index is 0.268. The number of amides is 1. The van der Waals surface area contributed by atoms with E-state index in [2.05, 4.69) is 35.3 Å². The topological polar surface area (TPSA) is 49.3 Å². The molecule has 0 N–H and O–H groups in total. The van der Waals surface area contributed by atoms with Gasteiger partial charge in [-0.25, -0.2) is 9.97 Å². The Kier molecular flexibility index (Phi) is 3.89. The molecule has 0 aliphatic carbocycles. The molecule has 0 radical (unpaired) electrons. The van der Waals surface area contributed by atoms with E-state index in [9.17, 15) is 4.79 Å². The zero-order chi connectivity index (χ0) is 15.7. The van der Waals surface area contributed by atoms with Crippen LogP contribution in [0.1, 0.15) is 25.8 Å². The summed E-state index contributed by atoms with van der Waals surface area (Å²) in [6.07, 6.45) is 7.44. The Bertz CT molecular complexity index is 571. The maximum Gasteiger partial charge on any atom is 0.231 e. The molecule has 3 heterocycles. The normalized spacial score (nSPS) is 27.9. The van der Waals surface area contributed by atoms with Gasteiger partial charge in [0.1, 0.15) is 0 Å². The van der Waals surface area contributed by atoms with Gasteiger partial charge in [-0.2, -0.15) is 0 Å². The van der Waals surface area contributed by atoms with Crippen LogP contribution < -0.4 is 4.90 Å². The van der Waals surface area contributed by atoms with Crippen LogP contribution in [-0.4, -0.2) is 47.0 Å². The van der Waals surface area contributed by atoms with Gasteiger partial charge in [0.05, 0.1) is 5.41 Å². The standard InChI is InChI=1S/C17H24N4O/c1-4-7-20-8-6-17(15(20)22)12-21(11-13(17)3)16-18-9-14(5-2)10-19-16/h4,9-10,13H,1,5-8,11-12H2,2-3H3/t13-,17-/m0/s1. The first-order valence-electron chi connectivity index (χ1n) is 8.07. The maximum absolute atomic E-state index is 12.8. The van der Waals surface area contributed by atoms with Crippen molar-refractivity contribution in [2.24, 2.45) is 11.3 Å². The van der Waals surface area contributed by atoms with Gasteiger partial charge in [-0.1, -0.05) is 19.9 Å². The number of carbonyl (C=O) groups is 1. The molecule has 2 atom stereocenters. The molecule has 1 amide bonds. The highest BCUT2D eigenvalue weighted by atomic mass is 16.2. The first-order chi connectivity index (χ1) is 10.6. The van der Waals surface area contributed by atoms with Crippen LogP contribution in [0.2, 0.25) is 0 Å². The minimum atomic E-state index is -0.268. The van der Waals surface area contributed by atoms with E-state index in [1.807, 2.05) is 17.3 Å². The molecular weight excluding hydrogens is 276 g/mol. The molecule has 0 bridgehead atoms. The molecular formula is C17H24N4O. The van der Waals surface area contributed by atoms with Crippen LogP contribution in [0.15, 0.2) is 25.0 Å². The molecule has 2 aliphatic heterocycles. The Morgan fingerprint density at radius 2 is 2.18 bits per heavy atom. The van der Waals surface area contributed by atoms with Crippen molar-refractivity contribution >= 4 is 11.9 Å². The van der Waals surface area contributed by atoms with Crippen LogP contribution in [0.25, 0.3) is 0 Å². The highest BCUT2D eigenvalue weighted by Crippen LogP contribution is 2.45. The summed E-state index contributed by atoms with van der Waals surface area (Å²) in [7, 11) is 0. The van der Waals surface area contributed by atoms with Gasteiger partial charge in [-0.05, 0) is 24.3 Å². The van der Waals surface area contributed by atoms with E-state index < -0.39 is 0 Å². The Morgan fingerprint density at radius 1 is 1.45 bits per heavy atom. The number of hydrogen-bond donors (Lipinski definition) is 0. The Balaban J connectivity index is 1.79. The SMILES string of the molecule is C=CCN1CC[C@@]2(CN(c3ncc(CC)cn3)C[C@@H]2C)C1=O. The summed E-state index contributed by atoms with van der Waals surface area (Å²) < 4.78 is 0. The van der Waals surface area contributed by atoms with Crippen LogP contribution in [0.5, 0.6) is 0 Å². The third-order valence-corrected chi connectivity index (χ3v) is 5.18. The summed E-state index contributed by atoms with van der Waals surface area (Å²) in [5.74, 6) is 1.34. The van der Waals surface area contributed by atoms with Gasteiger partial charge in [0.25, 0.3) is 0 Å². The average Bonchev–Trinajstić information content (AvgIpc) is 3.04. The number of anilines is 1. The quantitative estimate of drug-likeness (QED) is 0.797. The predicted octanol–water partition coefficient (Wildman–Crippen LogP) is 1.90. The van der Waals surface area contributed by atoms with Crippen molar-refractivity contribution in [3.05, 3.63) is 30.6 Å². The molecule has 0 unspecified atom stereocenters. The van der Waals surface area contributed by atoms with Gasteiger partial charge in [-0.3, -0.25) is 4.79 Å². The predicted molar refractivity (Wildman–Crippen MR) is 86.6 cm³/mol. The third-order valence-electron chi connectivity index (χ3n) is 5.18. The first kappa shape index (κ1) is 15.0. The summed E-state index contributed by atoms with van der Waals surface area (Å²) in [6, 6.07) is 0. The fourth-order valence-electron chi connectivity index (χ4n) is 3.70. The van der Waals surface area contributed by atoms with Crippen molar-refractivity contribution in [2.75, 3.05) is 31.1 Å². The Hall–Kier alpha value is -1.91. The zero-order valence-electron chi connectivity index (χ0n) is 13.5. The van der Waals surface area contributed by atoms with Crippen molar-refractivity contribution < 1.29 is 4.79 Å². The fourth-order valence-corrected chi connectivity index (χ4v) is 3.70. The molecule has 1 aromatic rings. The molecule has 5 nitrogen and oxygen atoms in total. The summed E-state index contributed by atoms with van der Waals surface area (Å²) in [5, 5.41) is 0. The highest BCUT2D eigenvalue weighted by Gasteiger charge is 2.55. The lowest BCUT2D eigenvalue weighted by Gasteiger charge is -2.26. The van der Waals surface area contributed by atoms with Crippen molar-refractivity contribution in [3.63, 3.8) is 0 Å². The Morgan fingerprint density at radius 3 is 2.82 bits per heavy atom. The molecule has 3 rings (SSSR count). The van der Waals surface area contributed by atoms with Crippen molar-refractivity contribution in [3.8, 4) is 0 Å². The van der Waals surface area contributed by atoms with Gasteiger partial charge < -0.3 is 9.80 Å². The zero-order valence-corrected chi connectivity index (χ0v) is 13.5. The molecule has 0 aromatic carbocycles. The lowest BCUT2D eigenvalue weighted by atomic mass is 9.78. The van der Waals surface area contributed by atoms with Crippen molar-refractivity contribution in [1.29, 1.82) is 0 Å². The summed E-state index contributed by atoms with van der Waals surface area (Å²) in [5.41, 5.74) is 0.871. The van der Waals surface area contributed by atoms with Gasteiger partial charge in [-0.15, -0.1) is 6.58 Å². The largest absolute Gasteiger partial charge is 0.339 e. The molecule has 118 valence electrons. The monoisotopic (exact) mass is 300 g/mol. The van der Waals surface area contributed by atoms with Crippen LogP contribution in [-0.2, 0) is 11.2 Å². The lowest BCUT2D eigenvalue weighted by molar-refractivity contribution is -0.136. The van der Waals surface area contributed by atoms with Gasteiger partial charge in [0, 0.05) is 38.6 Å². The van der Waals surface area contributed by atoms with E-state index >= 15 is 0 Å². The van der Waals surface area contributed by atoms with Crippen molar-refractivity contribution in [2.45, 2.75) is 26.7 Å². The summed E-state index contributed by atoms with van der Waals surface area (Å²) in [4.78, 5) is 25.9. The van der Waals surface area contributed by atoms with E-state index in [0.29, 0.717) is 12.5 Å². The number of aromatic nitrogens is 2. The summed E-state index contributed by atoms with van der Waals surface area (Å²) >= 11 is 0. The second-order valence-corrected chi connectivity index (χ2v) is 6.47. The number of rotatable bonds is 4. The molecule has 2 saturated heterocycles. The van der Waals surface area contributed by atoms with E-state index in [1.54, 1.807) is 6.08 Å². The molecule has 0 saturated carbocycles. The lowest BCUT2D eigenvalue weighted by Crippen LogP contribution is -2.39. The molecule has 22 heavy (non-hydrogen) atoms. The number of carbonyl (C=O) groups excluding carboxylic acids is 1. The van der Waals surface area contributed by atoms with Crippen molar-refractivity contribution in [1.82, 2.24) is 14.9 Å². The van der Waals surface area contributed by atoms with Crippen LogP contribution in [0.3, 0.4) is 0 Å².